The number of oxime groups is 1. The van der Waals surface area contributed by atoms with Crippen LogP contribution in [0.2, 0.25) is 5.15 Å². The van der Waals surface area contributed by atoms with Gasteiger partial charge in [0.15, 0.2) is 25.9 Å². The van der Waals surface area contributed by atoms with Gasteiger partial charge in [0.05, 0.1) is 11.4 Å². The molecule has 0 bridgehead atoms. The number of halogens is 1. The number of amides is 1. The van der Waals surface area contributed by atoms with Crippen molar-refractivity contribution in [1.29, 1.82) is 0 Å². The molecule has 1 aromatic carbocycles. The SMILES string of the molecule is NC(=NOC(=O)Nc1cccnc1Cl)c1cccc(CS(=O)(=O)c2ccccn2)c1. The Morgan fingerprint density at radius 3 is 2.63 bits per heavy atom. The van der Waals surface area contributed by atoms with Gasteiger partial charge in [-0.15, -0.1) is 0 Å². The summed E-state index contributed by atoms with van der Waals surface area (Å²) in [6.45, 7) is 0. The molecule has 0 radical (unpaired) electrons. The molecular formula is C19H16ClN5O4S. The minimum atomic E-state index is -3.63. The van der Waals surface area contributed by atoms with Crippen LogP contribution in [0.1, 0.15) is 11.1 Å². The number of aromatic nitrogens is 2. The van der Waals surface area contributed by atoms with Crippen LogP contribution < -0.4 is 11.1 Å². The monoisotopic (exact) mass is 445 g/mol. The lowest BCUT2D eigenvalue weighted by Crippen LogP contribution is -2.18. The first kappa shape index (κ1) is 21.2. The highest BCUT2D eigenvalue weighted by molar-refractivity contribution is 7.90. The molecule has 0 spiro atoms. The fourth-order valence-electron chi connectivity index (χ4n) is 2.40. The summed E-state index contributed by atoms with van der Waals surface area (Å²) in [4.78, 5) is 24.3. The van der Waals surface area contributed by atoms with Gasteiger partial charge >= 0.3 is 6.09 Å². The van der Waals surface area contributed by atoms with Gasteiger partial charge in [-0.3, -0.25) is 10.2 Å². The van der Waals surface area contributed by atoms with Crippen LogP contribution >= 0.6 is 11.6 Å². The topological polar surface area (TPSA) is 137 Å². The van der Waals surface area contributed by atoms with Crippen LogP contribution in [0.3, 0.4) is 0 Å². The molecule has 0 aliphatic carbocycles. The van der Waals surface area contributed by atoms with Crippen LogP contribution in [-0.4, -0.2) is 30.3 Å². The average Bonchev–Trinajstić information content (AvgIpc) is 2.74. The molecule has 3 aromatic rings. The van der Waals surface area contributed by atoms with E-state index in [2.05, 4.69) is 20.4 Å². The Bertz CT molecular complexity index is 1190. The van der Waals surface area contributed by atoms with Crippen molar-refractivity contribution in [3.8, 4) is 0 Å². The molecule has 2 heterocycles. The largest absolute Gasteiger partial charge is 0.438 e. The van der Waals surface area contributed by atoms with Crippen LogP contribution in [0, 0.1) is 0 Å². The number of nitrogens with one attached hydrogen (secondary N) is 1. The minimum Gasteiger partial charge on any atom is -0.380 e. The predicted octanol–water partition coefficient (Wildman–Crippen LogP) is 2.97. The Balaban J connectivity index is 1.69. The van der Waals surface area contributed by atoms with Gasteiger partial charge in [0.1, 0.15) is 0 Å². The summed E-state index contributed by atoms with van der Waals surface area (Å²) in [6.07, 6.45) is 1.96. The summed E-state index contributed by atoms with van der Waals surface area (Å²) in [6, 6.07) is 14.2. The van der Waals surface area contributed by atoms with Gasteiger partial charge in [-0.05, 0) is 35.9 Å². The predicted molar refractivity (Wildman–Crippen MR) is 112 cm³/mol. The Labute approximate surface area is 177 Å². The minimum absolute atomic E-state index is 0.0221. The van der Waals surface area contributed by atoms with Crippen LogP contribution in [0.4, 0.5) is 10.5 Å². The number of hydrogen-bond acceptors (Lipinski definition) is 7. The second-order valence-electron chi connectivity index (χ2n) is 5.95. The van der Waals surface area contributed by atoms with Crippen LogP contribution in [-0.2, 0) is 20.4 Å². The smallest absolute Gasteiger partial charge is 0.380 e. The maximum absolute atomic E-state index is 12.5. The van der Waals surface area contributed by atoms with E-state index < -0.39 is 15.9 Å². The Kier molecular flexibility index (Phi) is 6.60. The second-order valence-corrected chi connectivity index (χ2v) is 8.24. The van der Waals surface area contributed by atoms with Gasteiger partial charge in [0, 0.05) is 18.0 Å². The third-order valence-corrected chi connectivity index (χ3v) is 5.65. The number of rotatable bonds is 6. The third-order valence-electron chi connectivity index (χ3n) is 3.76. The first-order chi connectivity index (χ1) is 14.3. The highest BCUT2D eigenvalue weighted by atomic mass is 35.5. The number of nitrogens with two attached hydrogens (primary N) is 1. The van der Waals surface area contributed by atoms with E-state index in [9.17, 15) is 13.2 Å². The fraction of sp³-hybridized carbons (Fsp3) is 0.0526. The molecule has 0 aliphatic rings. The van der Waals surface area contributed by atoms with E-state index in [1.165, 1.54) is 24.5 Å². The van der Waals surface area contributed by atoms with Crippen molar-refractivity contribution >= 4 is 39.1 Å². The highest BCUT2D eigenvalue weighted by Crippen LogP contribution is 2.18. The summed E-state index contributed by atoms with van der Waals surface area (Å²) < 4.78 is 25.0. The molecule has 154 valence electrons. The van der Waals surface area contributed by atoms with E-state index in [0.29, 0.717) is 11.1 Å². The van der Waals surface area contributed by atoms with Crippen LogP contribution in [0.5, 0.6) is 0 Å². The molecule has 9 nitrogen and oxygen atoms in total. The summed E-state index contributed by atoms with van der Waals surface area (Å²) in [5.41, 5.74) is 6.96. The van der Waals surface area contributed by atoms with Gasteiger partial charge in [-0.1, -0.05) is 41.0 Å². The molecule has 0 saturated carbocycles. The lowest BCUT2D eigenvalue weighted by atomic mass is 10.1. The van der Waals surface area contributed by atoms with E-state index in [0.717, 1.165) is 0 Å². The number of anilines is 1. The van der Waals surface area contributed by atoms with E-state index in [-0.39, 0.29) is 27.5 Å². The number of sulfone groups is 1. The van der Waals surface area contributed by atoms with Crippen molar-refractivity contribution in [1.82, 2.24) is 9.97 Å². The number of pyridine rings is 2. The zero-order valence-corrected chi connectivity index (χ0v) is 17.0. The van der Waals surface area contributed by atoms with E-state index in [1.807, 2.05) is 0 Å². The molecule has 0 unspecified atom stereocenters. The molecule has 2 aromatic heterocycles. The molecule has 11 heteroatoms. The Hall–Kier alpha value is -3.50. The Morgan fingerprint density at radius 1 is 1.10 bits per heavy atom. The van der Waals surface area contributed by atoms with E-state index in [4.69, 9.17) is 22.2 Å². The zero-order valence-electron chi connectivity index (χ0n) is 15.4. The van der Waals surface area contributed by atoms with Crippen LogP contribution in [0.15, 0.2) is 77.2 Å². The Morgan fingerprint density at radius 2 is 1.90 bits per heavy atom. The van der Waals surface area contributed by atoms with Crippen molar-refractivity contribution in [3.05, 3.63) is 83.3 Å². The van der Waals surface area contributed by atoms with Crippen molar-refractivity contribution < 1.29 is 18.0 Å². The van der Waals surface area contributed by atoms with Gasteiger partial charge in [0.2, 0.25) is 0 Å². The molecule has 30 heavy (non-hydrogen) atoms. The number of nitrogens with zero attached hydrogens (tertiary/aromatic N) is 3. The van der Waals surface area contributed by atoms with Crippen molar-refractivity contribution in [2.45, 2.75) is 10.8 Å². The number of carbonyl (C=O) groups excluding carboxylic acids is 1. The van der Waals surface area contributed by atoms with Crippen LogP contribution in [0.25, 0.3) is 0 Å². The number of hydrogen-bond donors (Lipinski definition) is 2. The molecule has 0 fully saturated rings. The molecule has 0 saturated heterocycles. The molecule has 3 N–H and O–H groups in total. The number of amidine groups is 1. The number of benzene rings is 1. The lowest BCUT2D eigenvalue weighted by molar-refractivity contribution is 0.166. The summed E-state index contributed by atoms with van der Waals surface area (Å²) in [7, 11) is -3.63. The van der Waals surface area contributed by atoms with Gasteiger partial charge in [0.25, 0.3) is 0 Å². The molecule has 0 aliphatic heterocycles. The second kappa shape index (κ2) is 9.33. The average molecular weight is 446 g/mol. The lowest BCUT2D eigenvalue weighted by Gasteiger charge is -2.07. The quantitative estimate of drug-likeness (QED) is 0.195. The van der Waals surface area contributed by atoms with Gasteiger partial charge < -0.3 is 5.73 Å². The summed E-state index contributed by atoms with van der Waals surface area (Å²) in [5, 5.41) is 6.01. The first-order valence-electron chi connectivity index (χ1n) is 8.50. The van der Waals surface area contributed by atoms with Gasteiger partial charge in [-0.25, -0.2) is 23.2 Å². The molecule has 3 rings (SSSR count). The van der Waals surface area contributed by atoms with Gasteiger partial charge in [-0.2, -0.15) is 0 Å². The normalized spacial score (nSPS) is 11.7. The third kappa shape index (κ3) is 5.52. The van der Waals surface area contributed by atoms with E-state index in [1.54, 1.807) is 42.5 Å². The molecule has 0 atom stereocenters. The fourth-order valence-corrected chi connectivity index (χ4v) is 3.84. The summed E-state index contributed by atoms with van der Waals surface area (Å²) >= 11 is 5.85. The standard InChI is InChI=1S/C19H16ClN5O4S/c20-17-15(7-4-10-23-17)24-19(26)29-25-18(21)14-6-3-5-13(11-14)12-30(27,28)16-8-1-2-9-22-16/h1-11H,12H2,(H2,21,25)(H,24,26). The highest BCUT2D eigenvalue weighted by Gasteiger charge is 2.17. The zero-order chi connectivity index (χ0) is 21.6. The first-order valence-corrected chi connectivity index (χ1v) is 10.5. The van der Waals surface area contributed by atoms with Crippen molar-refractivity contribution in [2.24, 2.45) is 10.9 Å². The number of carbonyl (C=O) groups is 1. The molecule has 1 amide bonds. The maximum Gasteiger partial charge on any atom is 0.438 e. The molecular weight excluding hydrogens is 430 g/mol. The maximum atomic E-state index is 12.5. The van der Waals surface area contributed by atoms with E-state index >= 15 is 0 Å². The summed E-state index contributed by atoms with van der Waals surface area (Å²) in [5.74, 6) is -0.383. The van der Waals surface area contributed by atoms with Crippen molar-refractivity contribution in [3.63, 3.8) is 0 Å². The van der Waals surface area contributed by atoms with Crippen molar-refractivity contribution in [2.75, 3.05) is 5.32 Å².